The van der Waals surface area contributed by atoms with E-state index in [9.17, 15) is 0 Å². The summed E-state index contributed by atoms with van der Waals surface area (Å²) in [5, 5.41) is 12.1. The van der Waals surface area contributed by atoms with Crippen molar-refractivity contribution in [3.8, 4) is 16.5 Å². The molecule has 0 spiro atoms. The Morgan fingerprint density at radius 1 is 1.12 bits per heavy atom. The number of benzene rings is 1. The van der Waals surface area contributed by atoms with Crippen LogP contribution in [0.3, 0.4) is 0 Å². The van der Waals surface area contributed by atoms with Gasteiger partial charge >= 0.3 is 0 Å². The van der Waals surface area contributed by atoms with Crippen LogP contribution in [0.25, 0.3) is 21.4 Å². The standard InChI is InChI=1S/C13H7NOS/c14-8-11-13(12-6-3-7-16-12)9-4-1-2-5-10(9)15-11/h1-7H. The van der Waals surface area contributed by atoms with Gasteiger partial charge in [0.05, 0.1) is 5.56 Å². The summed E-state index contributed by atoms with van der Waals surface area (Å²) in [6.45, 7) is 0. The summed E-state index contributed by atoms with van der Waals surface area (Å²) < 4.78 is 5.52. The number of furan rings is 1. The molecule has 0 radical (unpaired) electrons. The van der Waals surface area contributed by atoms with E-state index >= 15 is 0 Å². The molecule has 0 unspecified atom stereocenters. The highest BCUT2D eigenvalue weighted by Gasteiger charge is 2.15. The SMILES string of the molecule is N#Cc1oc2ccccc2c1-c1cccs1. The monoisotopic (exact) mass is 225 g/mol. The van der Waals surface area contributed by atoms with Crippen LogP contribution in [0.15, 0.2) is 46.2 Å². The first kappa shape index (κ1) is 9.20. The van der Waals surface area contributed by atoms with E-state index in [0.29, 0.717) is 5.76 Å². The third-order valence-electron chi connectivity index (χ3n) is 2.46. The van der Waals surface area contributed by atoms with Gasteiger partial charge < -0.3 is 4.42 Å². The maximum absolute atomic E-state index is 9.08. The van der Waals surface area contributed by atoms with Crippen LogP contribution >= 0.6 is 11.3 Å². The van der Waals surface area contributed by atoms with Crippen LogP contribution in [0.1, 0.15) is 5.76 Å². The molecule has 0 aliphatic heterocycles. The average molecular weight is 225 g/mol. The summed E-state index contributed by atoms with van der Waals surface area (Å²) in [7, 11) is 0. The first-order valence-electron chi connectivity index (χ1n) is 4.85. The van der Waals surface area contributed by atoms with Gasteiger partial charge in [-0.1, -0.05) is 24.3 Å². The summed E-state index contributed by atoms with van der Waals surface area (Å²) in [6.07, 6.45) is 0. The minimum atomic E-state index is 0.392. The Bertz CT molecular complexity index is 674. The number of para-hydroxylation sites is 1. The number of nitrogens with zero attached hydrogens (tertiary/aromatic N) is 1. The number of rotatable bonds is 1. The van der Waals surface area contributed by atoms with Gasteiger partial charge in [-0.3, -0.25) is 0 Å². The van der Waals surface area contributed by atoms with Gasteiger partial charge in [0.25, 0.3) is 0 Å². The maximum Gasteiger partial charge on any atom is 0.213 e. The Kier molecular flexibility index (Phi) is 2.02. The fraction of sp³-hybridized carbons (Fsp3) is 0. The molecule has 0 aliphatic rings. The summed E-state index contributed by atoms with van der Waals surface area (Å²) in [5.74, 6) is 0.392. The van der Waals surface area contributed by atoms with E-state index in [-0.39, 0.29) is 0 Å². The number of hydrogen-bond acceptors (Lipinski definition) is 3. The Morgan fingerprint density at radius 3 is 2.75 bits per heavy atom. The third-order valence-corrected chi connectivity index (χ3v) is 3.35. The second-order valence-corrected chi connectivity index (χ2v) is 4.34. The summed E-state index contributed by atoms with van der Waals surface area (Å²) in [6, 6.07) is 13.8. The van der Waals surface area contributed by atoms with Crippen LogP contribution in [0.5, 0.6) is 0 Å². The van der Waals surface area contributed by atoms with Gasteiger partial charge in [0.1, 0.15) is 11.7 Å². The molecule has 16 heavy (non-hydrogen) atoms. The molecule has 0 fully saturated rings. The van der Waals surface area contributed by atoms with Crippen LogP contribution in [0.4, 0.5) is 0 Å². The molecule has 0 saturated carbocycles. The normalized spacial score (nSPS) is 10.4. The molecule has 3 rings (SSSR count). The molecular formula is C13H7NOS. The molecule has 3 heteroatoms. The summed E-state index contributed by atoms with van der Waals surface area (Å²) >= 11 is 1.61. The predicted molar refractivity (Wildman–Crippen MR) is 64.2 cm³/mol. The molecule has 2 heterocycles. The first-order valence-corrected chi connectivity index (χ1v) is 5.73. The fourth-order valence-electron chi connectivity index (χ4n) is 1.79. The number of fused-ring (bicyclic) bond motifs is 1. The topological polar surface area (TPSA) is 36.9 Å². The number of hydrogen-bond donors (Lipinski definition) is 0. The van der Waals surface area contributed by atoms with Crippen molar-refractivity contribution in [3.63, 3.8) is 0 Å². The smallest absolute Gasteiger partial charge is 0.213 e. The van der Waals surface area contributed by atoms with Gasteiger partial charge in [0, 0.05) is 10.3 Å². The number of nitriles is 1. The predicted octanol–water partition coefficient (Wildman–Crippen LogP) is 4.03. The van der Waals surface area contributed by atoms with E-state index in [1.54, 1.807) is 11.3 Å². The van der Waals surface area contributed by atoms with E-state index in [1.807, 2.05) is 41.8 Å². The van der Waals surface area contributed by atoms with E-state index in [4.69, 9.17) is 9.68 Å². The van der Waals surface area contributed by atoms with E-state index in [2.05, 4.69) is 6.07 Å². The summed E-state index contributed by atoms with van der Waals surface area (Å²) in [5.41, 5.74) is 1.68. The maximum atomic E-state index is 9.08. The van der Waals surface area contributed by atoms with Crippen LogP contribution in [-0.2, 0) is 0 Å². The van der Waals surface area contributed by atoms with Crippen molar-refractivity contribution in [2.24, 2.45) is 0 Å². The van der Waals surface area contributed by atoms with Gasteiger partial charge in [-0.15, -0.1) is 11.3 Å². The minimum Gasteiger partial charge on any atom is -0.445 e. The first-order chi connectivity index (χ1) is 7.90. The molecule has 0 bridgehead atoms. The molecular weight excluding hydrogens is 218 g/mol. The van der Waals surface area contributed by atoms with Crippen molar-refractivity contribution < 1.29 is 4.42 Å². The van der Waals surface area contributed by atoms with Crippen LogP contribution < -0.4 is 0 Å². The Labute approximate surface area is 96.4 Å². The lowest BCUT2D eigenvalue weighted by atomic mass is 10.1. The zero-order valence-corrected chi connectivity index (χ0v) is 9.12. The lowest BCUT2D eigenvalue weighted by molar-refractivity contribution is 0.601. The Hall–Kier alpha value is -2.05. The van der Waals surface area contributed by atoms with Crippen molar-refractivity contribution >= 4 is 22.3 Å². The molecule has 2 aromatic heterocycles. The van der Waals surface area contributed by atoms with Crippen molar-refractivity contribution in [1.29, 1.82) is 5.26 Å². The molecule has 0 amide bonds. The molecule has 0 N–H and O–H groups in total. The zero-order chi connectivity index (χ0) is 11.0. The Balaban J connectivity index is 2.42. The average Bonchev–Trinajstić information content (AvgIpc) is 2.94. The molecule has 3 aromatic rings. The molecule has 0 aliphatic carbocycles. The number of thiophene rings is 1. The highest BCUT2D eigenvalue weighted by Crippen LogP contribution is 2.36. The molecule has 0 saturated heterocycles. The van der Waals surface area contributed by atoms with Crippen molar-refractivity contribution in [3.05, 3.63) is 47.5 Å². The molecule has 1 aromatic carbocycles. The van der Waals surface area contributed by atoms with Gasteiger partial charge in [0.2, 0.25) is 5.76 Å². The quantitative estimate of drug-likeness (QED) is 0.626. The molecule has 2 nitrogen and oxygen atoms in total. The minimum absolute atomic E-state index is 0.392. The van der Waals surface area contributed by atoms with Crippen molar-refractivity contribution in [1.82, 2.24) is 0 Å². The largest absolute Gasteiger partial charge is 0.445 e. The molecule has 76 valence electrons. The zero-order valence-electron chi connectivity index (χ0n) is 8.31. The van der Waals surface area contributed by atoms with Gasteiger partial charge in [-0.2, -0.15) is 5.26 Å². The fourth-order valence-corrected chi connectivity index (χ4v) is 2.57. The van der Waals surface area contributed by atoms with E-state index in [0.717, 1.165) is 21.4 Å². The van der Waals surface area contributed by atoms with Crippen LogP contribution in [0, 0.1) is 11.3 Å². The lowest BCUT2D eigenvalue weighted by Gasteiger charge is -1.92. The molecule has 0 atom stereocenters. The van der Waals surface area contributed by atoms with E-state index < -0.39 is 0 Å². The van der Waals surface area contributed by atoms with Gasteiger partial charge in [0.15, 0.2) is 0 Å². The second kappa shape index (κ2) is 3.51. The lowest BCUT2D eigenvalue weighted by Crippen LogP contribution is -1.73. The van der Waals surface area contributed by atoms with Crippen molar-refractivity contribution in [2.45, 2.75) is 0 Å². The second-order valence-electron chi connectivity index (χ2n) is 3.39. The highest BCUT2D eigenvalue weighted by atomic mass is 32.1. The van der Waals surface area contributed by atoms with Gasteiger partial charge in [-0.25, -0.2) is 0 Å². The van der Waals surface area contributed by atoms with Crippen LogP contribution in [0.2, 0.25) is 0 Å². The van der Waals surface area contributed by atoms with Crippen LogP contribution in [-0.4, -0.2) is 0 Å². The third kappa shape index (κ3) is 1.24. The van der Waals surface area contributed by atoms with E-state index in [1.165, 1.54) is 0 Å². The highest BCUT2D eigenvalue weighted by molar-refractivity contribution is 7.13. The Morgan fingerprint density at radius 2 is 2.00 bits per heavy atom. The van der Waals surface area contributed by atoms with Gasteiger partial charge in [-0.05, 0) is 17.5 Å². The summed E-state index contributed by atoms with van der Waals surface area (Å²) in [4.78, 5) is 1.07. The van der Waals surface area contributed by atoms with Crippen molar-refractivity contribution in [2.75, 3.05) is 0 Å².